The summed E-state index contributed by atoms with van der Waals surface area (Å²) in [6.07, 6.45) is 3.01. The standard InChI is InChI=1S/C17H25N3O2/c1-18-17(21)14-4-2-13(3-5-14)10-19-11-16-12-20(8-9-22-16)15-6-7-15/h2-5,15-16,19H,6-12H2,1H3,(H,18,21). The van der Waals surface area contributed by atoms with Gasteiger partial charge in [0.1, 0.15) is 0 Å². The van der Waals surface area contributed by atoms with Crippen LogP contribution in [0.4, 0.5) is 0 Å². The Balaban J connectivity index is 1.41. The molecule has 3 rings (SSSR count). The van der Waals surface area contributed by atoms with Crippen molar-refractivity contribution in [1.29, 1.82) is 0 Å². The average molecular weight is 303 g/mol. The minimum absolute atomic E-state index is 0.0460. The maximum Gasteiger partial charge on any atom is 0.251 e. The van der Waals surface area contributed by atoms with Crippen molar-refractivity contribution < 1.29 is 9.53 Å². The van der Waals surface area contributed by atoms with Gasteiger partial charge in [-0.3, -0.25) is 9.69 Å². The van der Waals surface area contributed by atoms with E-state index < -0.39 is 0 Å². The molecule has 1 aliphatic carbocycles. The van der Waals surface area contributed by atoms with Gasteiger partial charge < -0.3 is 15.4 Å². The number of carbonyl (C=O) groups is 1. The Labute approximate surface area is 132 Å². The van der Waals surface area contributed by atoms with Gasteiger partial charge in [-0.25, -0.2) is 0 Å². The number of nitrogens with zero attached hydrogens (tertiary/aromatic N) is 1. The first kappa shape index (κ1) is 15.5. The molecule has 2 fully saturated rings. The van der Waals surface area contributed by atoms with Crippen LogP contribution in [0.5, 0.6) is 0 Å². The summed E-state index contributed by atoms with van der Waals surface area (Å²) >= 11 is 0. The third-order valence-corrected chi connectivity index (χ3v) is 4.38. The largest absolute Gasteiger partial charge is 0.374 e. The van der Waals surface area contributed by atoms with E-state index in [1.807, 2.05) is 24.3 Å². The van der Waals surface area contributed by atoms with Gasteiger partial charge in [0, 0.05) is 44.8 Å². The van der Waals surface area contributed by atoms with Crippen LogP contribution in [0.3, 0.4) is 0 Å². The second-order valence-corrected chi connectivity index (χ2v) is 6.13. The molecule has 1 saturated heterocycles. The molecule has 0 radical (unpaired) electrons. The summed E-state index contributed by atoms with van der Waals surface area (Å²) in [5.74, 6) is -0.0460. The summed E-state index contributed by atoms with van der Waals surface area (Å²) < 4.78 is 5.83. The van der Waals surface area contributed by atoms with E-state index in [4.69, 9.17) is 4.74 Å². The van der Waals surface area contributed by atoms with Gasteiger partial charge in [0.2, 0.25) is 0 Å². The van der Waals surface area contributed by atoms with Crippen LogP contribution in [-0.4, -0.2) is 56.2 Å². The third kappa shape index (κ3) is 4.06. The molecule has 1 saturated carbocycles. The number of hydrogen-bond acceptors (Lipinski definition) is 4. The molecule has 5 nitrogen and oxygen atoms in total. The third-order valence-electron chi connectivity index (χ3n) is 4.38. The Hall–Kier alpha value is -1.43. The number of morpholine rings is 1. The molecule has 0 aromatic heterocycles. The topological polar surface area (TPSA) is 53.6 Å². The average Bonchev–Trinajstić information content (AvgIpc) is 3.40. The van der Waals surface area contributed by atoms with Gasteiger partial charge >= 0.3 is 0 Å². The molecule has 5 heteroatoms. The zero-order valence-electron chi connectivity index (χ0n) is 13.2. The summed E-state index contributed by atoms with van der Waals surface area (Å²) in [5.41, 5.74) is 1.88. The molecule has 22 heavy (non-hydrogen) atoms. The van der Waals surface area contributed by atoms with E-state index in [9.17, 15) is 4.79 Å². The van der Waals surface area contributed by atoms with E-state index in [0.717, 1.165) is 38.8 Å². The van der Waals surface area contributed by atoms with Crippen LogP contribution in [0.15, 0.2) is 24.3 Å². The molecule has 1 aromatic carbocycles. The van der Waals surface area contributed by atoms with Crippen LogP contribution in [0.2, 0.25) is 0 Å². The normalized spacial score (nSPS) is 22.5. The SMILES string of the molecule is CNC(=O)c1ccc(CNCC2CN(C3CC3)CCO2)cc1. The Morgan fingerprint density at radius 1 is 1.32 bits per heavy atom. The van der Waals surface area contributed by atoms with Crippen molar-refractivity contribution >= 4 is 5.91 Å². The fraction of sp³-hybridized carbons (Fsp3) is 0.588. The van der Waals surface area contributed by atoms with Crippen LogP contribution < -0.4 is 10.6 Å². The lowest BCUT2D eigenvalue weighted by Crippen LogP contribution is -2.47. The van der Waals surface area contributed by atoms with Crippen molar-refractivity contribution in [3.63, 3.8) is 0 Å². The minimum atomic E-state index is -0.0460. The molecule has 0 bridgehead atoms. The molecule has 1 atom stereocenters. The van der Waals surface area contributed by atoms with Gasteiger partial charge in [-0.2, -0.15) is 0 Å². The number of carbonyl (C=O) groups excluding carboxylic acids is 1. The van der Waals surface area contributed by atoms with Crippen molar-refractivity contribution in [2.75, 3.05) is 33.3 Å². The number of benzene rings is 1. The minimum Gasteiger partial charge on any atom is -0.374 e. The highest BCUT2D eigenvalue weighted by atomic mass is 16.5. The summed E-state index contributed by atoms with van der Waals surface area (Å²) in [5, 5.41) is 6.09. The molecule has 2 aliphatic rings. The van der Waals surface area contributed by atoms with E-state index in [1.165, 1.54) is 18.4 Å². The first-order chi connectivity index (χ1) is 10.8. The number of rotatable bonds is 6. The van der Waals surface area contributed by atoms with Crippen LogP contribution in [-0.2, 0) is 11.3 Å². The van der Waals surface area contributed by atoms with Gasteiger partial charge in [-0.1, -0.05) is 12.1 Å². The van der Waals surface area contributed by atoms with E-state index in [-0.39, 0.29) is 5.91 Å². The number of nitrogens with one attached hydrogen (secondary N) is 2. The quantitative estimate of drug-likeness (QED) is 0.823. The smallest absolute Gasteiger partial charge is 0.251 e. The first-order valence-corrected chi connectivity index (χ1v) is 8.13. The van der Waals surface area contributed by atoms with Gasteiger partial charge in [-0.15, -0.1) is 0 Å². The Bertz CT molecular complexity index is 499. The van der Waals surface area contributed by atoms with Gasteiger partial charge in [0.25, 0.3) is 5.91 Å². The molecule has 2 N–H and O–H groups in total. The van der Waals surface area contributed by atoms with Gasteiger partial charge in [-0.05, 0) is 30.5 Å². The van der Waals surface area contributed by atoms with Crippen LogP contribution in [0.1, 0.15) is 28.8 Å². The maximum absolute atomic E-state index is 11.5. The molecule has 1 heterocycles. The molecule has 1 amide bonds. The van der Waals surface area contributed by atoms with Crippen molar-refractivity contribution in [1.82, 2.24) is 15.5 Å². The molecule has 120 valence electrons. The molecule has 1 aromatic rings. The lowest BCUT2D eigenvalue weighted by Gasteiger charge is -2.33. The lowest BCUT2D eigenvalue weighted by atomic mass is 10.1. The van der Waals surface area contributed by atoms with Crippen LogP contribution in [0, 0.1) is 0 Å². The summed E-state index contributed by atoms with van der Waals surface area (Å²) in [7, 11) is 1.65. The summed E-state index contributed by atoms with van der Waals surface area (Å²) in [4.78, 5) is 14.1. The van der Waals surface area contributed by atoms with E-state index in [2.05, 4.69) is 15.5 Å². The Kier molecular flexibility index (Phi) is 5.08. The molecular formula is C17H25N3O2. The Morgan fingerprint density at radius 3 is 2.77 bits per heavy atom. The fourth-order valence-corrected chi connectivity index (χ4v) is 2.93. The lowest BCUT2D eigenvalue weighted by molar-refractivity contribution is -0.0301. The van der Waals surface area contributed by atoms with E-state index in [0.29, 0.717) is 11.7 Å². The molecule has 1 unspecified atom stereocenters. The molecule has 1 aliphatic heterocycles. The van der Waals surface area contributed by atoms with Gasteiger partial charge in [0.05, 0.1) is 12.7 Å². The predicted molar refractivity (Wildman–Crippen MR) is 85.9 cm³/mol. The van der Waals surface area contributed by atoms with Crippen molar-refractivity contribution in [3.05, 3.63) is 35.4 Å². The molecular weight excluding hydrogens is 278 g/mol. The number of amides is 1. The van der Waals surface area contributed by atoms with Crippen LogP contribution >= 0.6 is 0 Å². The van der Waals surface area contributed by atoms with E-state index >= 15 is 0 Å². The highest BCUT2D eigenvalue weighted by Crippen LogP contribution is 2.28. The van der Waals surface area contributed by atoms with Crippen LogP contribution in [0.25, 0.3) is 0 Å². The zero-order chi connectivity index (χ0) is 15.4. The number of ether oxygens (including phenoxy) is 1. The van der Waals surface area contributed by atoms with Crippen molar-refractivity contribution in [2.45, 2.75) is 31.5 Å². The zero-order valence-corrected chi connectivity index (χ0v) is 13.2. The monoisotopic (exact) mass is 303 g/mol. The maximum atomic E-state index is 11.5. The van der Waals surface area contributed by atoms with Crippen molar-refractivity contribution in [3.8, 4) is 0 Å². The second-order valence-electron chi connectivity index (χ2n) is 6.13. The summed E-state index contributed by atoms with van der Waals surface area (Å²) in [6, 6.07) is 8.54. The number of hydrogen-bond donors (Lipinski definition) is 2. The predicted octanol–water partition coefficient (Wildman–Crippen LogP) is 0.999. The highest BCUT2D eigenvalue weighted by Gasteiger charge is 2.32. The second kappa shape index (κ2) is 7.22. The molecule has 0 spiro atoms. The van der Waals surface area contributed by atoms with Gasteiger partial charge in [0.15, 0.2) is 0 Å². The summed E-state index contributed by atoms with van der Waals surface area (Å²) in [6.45, 7) is 4.66. The fourth-order valence-electron chi connectivity index (χ4n) is 2.93. The Morgan fingerprint density at radius 2 is 2.09 bits per heavy atom. The van der Waals surface area contributed by atoms with Crippen molar-refractivity contribution in [2.24, 2.45) is 0 Å². The highest BCUT2D eigenvalue weighted by molar-refractivity contribution is 5.93. The van der Waals surface area contributed by atoms with E-state index in [1.54, 1.807) is 7.05 Å². The first-order valence-electron chi connectivity index (χ1n) is 8.13.